The fraction of sp³-hybridized carbons (Fsp3) is 0.200. The molecular weight excluding hydrogens is 557 g/mol. The fourth-order valence-corrected chi connectivity index (χ4v) is 6.19. The van der Waals surface area contributed by atoms with Crippen molar-refractivity contribution in [2.45, 2.75) is 62.4 Å². The summed E-state index contributed by atoms with van der Waals surface area (Å²) < 4.78 is 0. The second kappa shape index (κ2) is 11.6. The third-order valence-electron chi connectivity index (χ3n) is 8.01. The molecule has 0 bridgehead atoms. The van der Waals surface area contributed by atoms with E-state index in [1.807, 2.05) is 48.5 Å². The molecule has 0 unspecified atom stereocenters. The summed E-state index contributed by atoms with van der Waals surface area (Å²) in [6.07, 6.45) is 1.80. The van der Waals surface area contributed by atoms with Crippen LogP contribution in [0.25, 0.3) is 44.3 Å². The van der Waals surface area contributed by atoms with Gasteiger partial charge in [-0.15, -0.1) is 0 Å². The minimum Gasteiger partial charge on any atom is -0.507 e. The number of aromatic nitrogens is 2. The van der Waals surface area contributed by atoms with Crippen molar-refractivity contribution in [1.29, 1.82) is 0 Å². The van der Waals surface area contributed by atoms with Crippen molar-refractivity contribution in [3.63, 3.8) is 0 Å². The molecule has 0 spiro atoms. The van der Waals surface area contributed by atoms with Crippen molar-refractivity contribution in [3.05, 3.63) is 127 Å². The second-order valence-corrected chi connectivity index (χ2v) is 14.4. The summed E-state index contributed by atoms with van der Waals surface area (Å²) >= 11 is 1.55. The van der Waals surface area contributed by atoms with Gasteiger partial charge in [0.2, 0.25) is 0 Å². The number of phenols is 1. The molecule has 4 aromatic carbocycles. The molecule has 6 rings (SSSR count). The van der Waals surface area contributed by atoms with Crippen LogP contribution >= 0.6 is 11.8 Å². The minimum absolute atomic E-state index is 0.0127. The second-order valence-electron chi connectivity index (χ2n) is 13.4. The van der Waals surface area contributed by atoms with Gasteiger partial charge in [-0.3, -0.25) is 0 Å². The van der Waals surface area contributed by atoms with E-state index in [4.69, 9.17) is 4.98 Å². The summed E-state index contributed by atoms with van der Waals surface area (Å²) in [5, 5.41) is 15.5. The maximum atomic E-state index is 11.6. The van der Waals surface area contributed by atoms with Crippen LogP contribution in [0, 0.1) is 0 Å². The average molecular weight is 595 g/mol. The maximum Gasteiger partial charge on any atom is 0.124 e. The van der Waals surface area contributed by atoms with Crippen molar-refractivity contribution in [3.8, 4) is 39.3 Å². The van der Waals surface area contributed by atoms with Gasteiger partial charge in [0.25, 0.3) is 0 Å². The minimum atomic E-state index is 0.0127. The number of hydrogen-bond donors (Lipinski definition) is 1. The molecule has 2 heterocycles. The monoisotopic (exact) mass is 594 g/mol. The van der Waals surface area contributed by atoms with E-state index < -0.39 is 0 Å². The molecule has 6 aromatic rings. The van der Waals surface area contributed by atoms with Gasteiger partial charge < -0.3 is 5.11 Å². The number of hydrogen-bond acceptors (Lipinski definition) is 4. The van der Waals surface area contributed by atoms with Crippen LogP contribution in [0.5, 0.6) is 5.75 Å². The Balaban J connectivity index is 1.44. The Morgan fingerprint density at radius 2 is 1.27 bits per heavy atom. The van der Waals surface area contributed by atoms with Crippen LogP contribution < -0.4 is 0 Å². The number of nitrogens with zero attached hydrogens (tertiary/aromatic N) is 2. The first kappa shape index (κ1) is 29.7. The lowest BCUT2D eigenvalue weighted by atomic mass is 9.79. The SMILES string of the molecule is CC(C)(C)c1cc(-c2ccc(-c3cc(-c4cccc(Sc5ccccn5)n4)cc4ccccc34)c(O)c2)cc(C(C)(C)C)c1. The molecule has 0 atom stereocenters. The lowest BCUT2D eigenvalue weighted by Gasteiger charge is -2.26. The molecule has 44 heavy (non-hydrogen) atoms. The Morgan fingerprint density at radius 1 is 0.568 bits per heavy atom. The zero-order chi connectivity index (χ0) is 31.1. The Morgan fingerprint density at radius 3 is 1.95 bits per heavy atom. The quantitative estimate of drug-likeness (QED) is 0.216. The number of benzene rings is 4. The third-order valence-corrected chi connectivity index (χ3v) is 8.90. The average Bonchev–Trinajstić information content (AvgIpc) is 3.00. The first-order valence-corrected chi connectivity index (χ1v) is 15.9. The first-order valence-electron chi connectivity index (χ1n) is 15.0. The van der Waals surface area contributed by atoms with Crippen LogP contribution in [0.4, 0.5) is 0 Å². The van der Waals surface area contributed by atoms with Crippen LogP contribution in [0.2, 0.25) is 0 Å². The Bertz CT molecular complexity index is 1930. The van der Waals surface area contributed by atoms with Crippen LogP contribution in [0.3, 0.4) is 0 Å². The molecule has 0 aliphatic heterocycles. The summed E-state index contributed by atoms with van der Waals surface area (Å²) in [6, 6.07) is 37.6. The summed E-state index contributed by atoms with van der Waals surface area (Å²) in [6.45, 7) is 13.5. The Labute approximate surface area is 265 Å². The summed E-state index contributed by atoms with van der Waals surface area (Å²) in [5.74, 6) is 0.260. The molecule has 2 aromatic heterocycles. The van der Waals surface area contributed by atoms with E-state index in [9.17, 15) is 5.11 Å². The molecule has 0 aliphatic carbocycles. The number of fused-ring (bicyclic) bond motifs is 1. The highest BCUT2D eigenvalue weighted by Gasteiger charge is 2.21. The molecule has 1 N–H and O–H groups in total. The van der Waals surface area contributed by atoms with E-state index in [1.54, 1.807) is 18.0 Å². The maximum absolute atomic E-state index is 11.6. The largest absolute Gasteiger partial charge is 0.507 e. The lowest BCUT2D eigenvalue weighted by Crippen LogP contribution is -2.16. The molecule has 4 heteroatoms. The van der Waals surface area contributed by atoms with E-state index in [-0.39, 0.29) is 16.6 Å². The normalized spacial score (nSPS) is 12.0. The van der Waals surface area contributed by atoms with E-state index in [2.05, 4.69) is 107 Å². The number of rotatable bonds is 5. The molecular formula is C40H38N2OS. The molecule has 3 nitrogen and oxygen atoms in total. The predicted octanol–water partition coefficient (Wildman–Crippen LogP) is 11.1. The molecule has 0 amide bonds. The zero-order valence-electron chi connectivity index (χ0n) is 26.2. The zero-order valence-corrected chi connectivity index (χ0v) is 27.0. The molecule has 0 fully saturated rings. The predicted molar refractivity (Wildman–Crippen MR) is 185 cm³/mol. The van der Waals surface area contributed by atoms with Gasteiger partial charge in [-0.1, -0.05) is 120 Å². The summed E-state index contributed by atoms with van der Waals surface area (Å²) in [7, 11) is 0. The van der Waals surface area contributed by atoms with Crippen molar-refractivity contribution in [2.75, 3.05) is 0 Å². The van der Waals surface area contributed by atoms with Gasteiger partial charge in [-0.2, -0.15) is 0 Å². The Kier molecular flexibility index (Phi) is 7.81. The summed E-state index contributed by atoms with van der Waals surface area (Å²) in [5.41, 5.74) is 8.38. The van der Waals surface area contributed by atoms with Gasteiger partial charge in [0, 0.05) is 17.3 Å². The van der Waals surface area contributed by atoms with Crippen LogP contribution in [-0.2, 0) is 10.8 Å². The van der Waals surface area contributed by atoms with Gasteiger partial charge >= 0.3 is 0 Å². The molecule has 220 valence electrons. The summed E-state index contributed by atoms with van der Waals surface area (Å²) in [4.78, 5) is 9.41. The fourth-order valence-electron chi connectivity index (χ4n) is 5.43. The molecule has 0 saturated heterocycles. The highest BCUT2D eigenvalue weighted by atomic mass is 32.2. The standard InChI is InChI=1S/C40H38N2OS/c1-39(2,3)30-21-28(22-31(25-30)40(4,5)6)26-17-18-33(36(43)24-26)34-23-29(20-27-12-7-8-13-32(27)34)35-14-11-16-38(42-35)44-37-15-9-10-19-41-37/h7-25,43H,1-6H3. The van der Waals surface area contributed by atoms with Crippen LogP contribution in [-0.4, -0.2) is 15.1 Å². The molecule has 0 aliphatic rings. The topological polar surface area (TPSA) is 46.0 Å². The molecule has 0 saturated carbocycles. The van der Waals surface area contributed by atoms with Crippen LogP contribution in [0.15, 0.2) is 125 Å². The van der Waals surface area contributed by atoms with Gasteiger partial charge in [0.1, 0.15) is 15.8 Å². The highest BCUT2D eigenvalue weighted by molar-refractivity contribution is 7.99. The lowest BCUT2D eigenvalue weighted by molar-refractivity contribution is 0.477. The Hall–Kier alpha value is -4.41. The first-order chi connectivity index (χ1) is 21.0. The van der Waals surface area contributed by atoms with E-state index >= 15 is 0 Å². The van der Waals surface area contributed by atoms with E-state index in [0.717, 1.165) is 54.3 Å². The van der Waals surface area contributed by atoms with Crippen molar-refractivity contribution < 1.29 is 5.11 Å². The van der Waals surface area contributed by atoms with Gasteiger partial charge in [-0.05, 0) is 91.9 Å². The van der Waals surface area contributed by atoms with Gasteiger partial charge in [-0.25, -0.2) is 9.97 Å². The van der Waals surface area contributed by atoms with Crippen molar-refractivity contribution >= 4 is 22.5 Å². The highest BCUT2D eigenvalue weighted by Crippen LogP contribution is 2.41. The smallest absolute Gasteiger partial charge is 0.124 e. The number of pyridine rings is 2. The number of phenolic OH excluding ortho intramolecular Hbond substituents is 1. The van der Waals surface area contributed by atoms with Crippen molar-refractivity contribution in [2.24, 2.45) is 0 Å². The van der Waals surface area contributed by atoms with Gasteiger partial charge in [0.05, 0.1) is 5.69 Å². The van der Waals surface area contributed by atoms with Gasteiger partial charge in [0.15, 0.2) is 0 Å². The molecule has 0 radical (unpaired) electrons. The van der Waals surface area contributed by atoms with E-state index in [1.165, 1.54) is 11.1 Å². The number of aromatic hydroxyl groups is 1. The van der Waals surface area contributed by atoms with Crippen LogP contribution in [0.1, 0.15) is 52.7 Å². The third kappa shape index (κ3) is 6.27. The van der Waals surface area contributed by atoms with E-state index in [0.29, 0.717) is 0 Å². The van der Waals surface area contributed by atoms with Crippen molar-refractivity contribution in [1.82, 2.24) is 9.97 Å².